The molecule has 0 bridgehead atoms. The number of anilines is 1. The van der Waals surface area contributed by atoms with E-state index >= 15 is 0 Å². The van der Waals surface area contributed by atoms with Crippen molar-refractivity contribution in [3.63, 3.8) is 0 Å². The van der Waals surface area contributed by atoms with E-state index in [0.717, 1.165) is 5.69 Å². The van der Waals surface area contributed by atoms with Gasteiger partial charge in [-0.15, -0.1) is 0 Å². The van der Waals surface area contributed by atoms with Crippen LogP contribution in [0.1, 0.15) is 13.3 Å². The zero-order chi connectivity index (χ0) is 11.8. The van der Waals surface area contributed by atoms with Crippen LogP contribution in [0.3, 0.4) is 0 Å². The molecule has 4 heteroatoms. The highest BCUT2D eigenvalue weighted by Crippen LogP contribution is 2.05. The normalized spacial score (nSPS) is 12.1. The van der Waals surface area contributed by atoms with Crippen LogP contribution in [0.2, 0.25) is 0 Å². The highest BCUT2D eigenvalue weighted by Gasteiger charge is 2.07. The summed E-state index contributed by atoms with van der Waals surface area (Å²) in [4.78, 5) is 11.6. The third-order valence-corrected chi connectivity index (χ3v) is 2.15. The Morgan fingerprint density at radius 2 is 2.06 bits per heavy atom. The van der Waals surface area contributed by atoms with Gasteiger partial charge in [0.15, 0.2) is 0 Å². The second-order valence-corrected chi connectivity index (χ2v) is 3.70. The predicted molar refractivity (Wildman–Crippen MR) is 64.2 cm³/mol. The summed E-state index contributed by atoms with van der Waals surface area (Å²) >= 11 is 0. The van der Waals surface area contributed by atoms with Crippen LogP contribution in [-0.4, -0.2) is 30.2 Å². The molecule has 0 aromatic heterocycles. The molecule has 4 nitrogen and oxygen atoms in total. The smallest absolute Gasteiger partial charge is 0.225 e. The Bertz CT molecular complexity index is 314. The molecule has 88 valence electrons. The molecule has 3 N–H and O–H groups in total. The number of rotatable bonds is 6. The van der Waals surface area contributed by atoms with Crippen molar-refractivity contribution in [2.45, 2.75) is 19.4 Å². The number of carbonyl (C=O) groups is 1. The van der Waals surface area contributed by atoms with E-state index < -0.39 is 0 Å². The molecule has 0 saturated carbocycles. The molecule has 0 aliphatic heterocycles. The maximum Gasteiger partial charge on any atom is 0.225 e. The number of hydrogen-bond acceptors (Lipinski definition) is 3. The van der Waals surface area contributed by atoms with Crippen molar-refractivity contribution in [3.8, 4) is 0 Å². The van der Waals surface area contributed by atoms with E-state index in [1.54, 1.807) is 0 Å². The van der Waals surface area contributed by atoms with Crippen LogP contribution < -0.4 is 10.6 Å². The van der Waals surface area contributed by atoms with Gasteiger partial charge in [0.2, 0.25) is 5.91 Å². The lowest BCUT2D eigenvalue weighted by molar-refractivity contribution is -0.116. The van der Waals surface area contributed by atoms with E-state index in [-0.39, 0.29) is 18.6 Å². The molecule has 1 unspecified atom stereocenters. The molecule has 0 radical (unpaired) electrons. The summed E-state index contributed by atoms with van der Waals surface area (Å²) in [6.45, 7) is 2.52. The van der Waals surface area contributed by atoms with Gasteiger partial charge in [0.1, 0.15) is 0 Å². The molecule has 1 atom stereocenters. The second-order valence-electron chi connectivity index (χ2n) is 3.70. The minimum Gasteiger partial charge on any atom is -0.395 e. The van der Waals surface area contributed by atoms with Crippen molar-refractivity contribution >= 4 is 11.6 Å². The fourth-order valence-corrected chi connectivity index (χ4v) is 1.39. The maximum atomic E-state index is 11.6. The Kier molecular flexibility index (Phi) is 5.53. The number of benzene rings is 1. The molecule has 0 fully saturated rings. The molecular formula is C12H18N2O2. The molecule has 0 aliphatic carbocycles. The summed E-state index contributed by atoms with van der Waals surface area (Å²) in [6.07, 6.45) is 0.398. The van der Waals surface area contributed by atoms with Gasteiger partial charge in [0.25, 0.3) is 0 Å². The number of aliphatic hydroxyl groups excluding tert-OH is 1. The second kappa shape index (κ2) is 6.98. The van der Waals surface area contributed by atoms with Crippen molar-refractivity contribution in [3.05, 3.63) is 30.3 Å². The van der Waals surface area contributed by atoms with Crippen molar-refractivity contribution in [1.82, 2.24) is 5.32 Å². The predicted octanol–water partition coefficient (Wildman–Crippen LogP) is 0.986. The van der Waals surface area contributed by atoms with Crippen LogP contribution in [0.25, 0.3) is 0 Å². The van der Waals surface area contributed by atoms with Crippen LogP contribution in [0.5, 0.6) is 0 Å². The monoisotopic (exact) mass is 222 g/mol. The van der Waals surface area contributed by atoms with Gasteiger partial charge in [-0.1, -0.05) is 18.2 Å². The quantitative estimate of drug-likeness (QED) is 0.672. The summed E-state index contributed by atoms with van der Waals surface area (Å²) in [5, 5.41) is 14.5. The Morgan fingerprint density at radius 3 is 2.69 bits per heavy atom. The fourth-order valence-electron chi connectivity index (χ4n) is 1.39. The Labute approximate surface area is 95.7 Å². The topological polar surface area (TPSA) is 61.4 Å². The van der Waals surface area contributed by atoms with E-state index in [0.29, 0.717) is 13.0 Å². The molecule has 0 spiro atoms. The minimum atomic E-state index is -0.0239. The van der Waals surface area contributed by atoms with Gasteiger partial charge in [-0.25, -0.2) is 0 Å². The van der Waals surface area contributed by atoms with Gasteiger partial charge in [-0.05, 0) is 19.1 Å². The lowest BCUT2D eigenvalue weighted by Gasteiger charge is -2.12. The Balaban J connectivity index is 2.31. The molecule has 1 aromatic carbocycles. The molecule has 0 saturated heterocycles. The summed E-state index contributed by atoms with van der Waals surface area (Å²) in [7, 11) is 0. The molecule has 16 heavy (non-hydrogen) atoms. The van der Waals surface area contributed by atoms with Gasteiger partial charge >= 0.3 is 0 Å². The van der Waals surface area contributed by atoms with Gasteiger partial charge in [0.05, 0.1) is 6.61 Å². The largest absolute Gasteiger partial charge is 0.395 e. The molecule has 1 aromatic rings. The van der Waals surface area contributed by atoms with Crippen LogP contribution in [0.4, 0.5) is 5.69 Å². The summed E-state index contributed by atoms with van der Waals surface area (Å²) in [5.74, 6) is -0.0239. The van der Waals surface area contributed by atoms with Gasteiger partial charge in [0, 0.05) is 24.7 Å². The average molecular weight is 222 g/mol. The van der Waals surface area contributed by atoms with E-state index in [2.05, 4.69) is 10.6 Å². The zero-order valence-electron chi connectivity index (χ0n) is 9.44. The lowest BCUT2D eigenvalue weighted by Crippen LogP contribution is -2.32. The maximum absolute atomic E-state index is 11.6. The zero-order valence-corrected chi connectivity index (χ0v) is 9.44. The van der Waals surface area contributed by atoms with Gasteiger partial charge < -0.3 is 15.7 Å². The standard InChI is InChI=1S/C12H18N2O2/c1-10(13-7-8-15)9-12(16)14-11-5-3-2-4-6-11/h2-6,10,13,15H,7-9H2,1H3,(H,14,16). The minimum absolute atomic E-state index is 0.0239. The van der Waals surface area contributed by atoms with E-state index in [9.17, 15) is 4.79 Å². The number of aliphatic hydroxyl groups is 1. The summed E-state index contributed by atoms with van der Waals surface area (Å²) < 4.78 is 0. The number of para-hydroxylation sites is 1. The van der Waals surface area contributed by atoms with Crippen molar-refractivity contribution < 1.29 is 9.90 Å². The highest BCUT2D eigenvalue weighted by atomic mass is 16.3. The van der Waals surface area contributed by atoms with Crippen molar-refractivity contribution in [1.29, 1.82) is 0 Å². The first kappa shape index (κ1) is 12.7. The summed E-state index contributed by atoms with van der Waals surface area (Å²) in [5.41, 5.74) is 0.807. The van der Waals surface area contributed by atoms with E-state index in [1.165, 1.54) is 0 Å². The highest BCUT2D eigenvalue weighted by molar-refractivity contribution is 5.90. The first-order valence-electron chi connectivity index (χ1n) is 5.41. The van der Waals surface area contributed by atoms with Gasteiger partial charge in [-0.2, -0.15) is 0 Å². The van der Waals surface area contributed by atoms with Gasteiger partial charge in [-0.3, -0.25) is 4.79 Å². The molecule has 0 aliphatic rings. The van der Waals surface area contributed by atoms with E-state index in [4.69, 9.17) is 5.11 Å². The molecule has 1 amide bonds. The Morgan fingerprint density at radius 1 is 1.38 bits per heavy atom. The number of carbonyl (C=O) groups excluding carboxylic acids is 1. The number of hydrogen-bond donors (Lipinski definition) is 3. The third-order valence-electron chi connectivity index (χ3n) is 2.15. The Hall–Kier alpha value is -1.39. The van der Waals surface area contributed by atoms with Crippen LogP contribution in [0.15, 0.2) is 30.3 Å². The van der Waals surface area contributed by atoms with Crippen LogP contribution in [-0.2, 0) is 4.79 Å². The third kappa shape index (κ3) is 4.91. The summed E-state index contributed by atoms with van der Waals surface area (Å²) in [6, 6.07) is 9.43. The first-order chi connectivity index (χ1) is 7.72. The van der Waals surface area contributed by atoms with Crippen molar-refractivity contribution in [2.75, 3.05) is 18.5 Å². The van der Waals surface area contributed by atoms with E-state index in [1.807, 2.05) is 37.3 Å². The number of nitrogens with one attached hydrogen (secondary N) is 2. The molecule has 1 rings (SSSR count). The fraction of sp³-hybridized carbons (Fsp3) is 0.417. The average Bonchev–Trinajstić information content (AvgIpc) is 2.27. The number of amides is 1. The lowest BCUT2D eigenvalue weighted by atomic mass is 10.2. The first-order valence-corrected chi connectivity index (χ1v) is 5.41. The van der Waals surface area contributed by atoms with Crippen LogP contribution >= 0.6 is 0 Å². The molecular weight excluding hydrogens is 204 g/mol. The SMILES string of the molecule is CC(CC(=O)Nc1ccccc1)NCCO. The van der Waals surface area contributed by atoms with Crippen molar-refractivity contribution in [2.24, 2.45) is 0 Å². The van der Waals surface area contributed by atoms with Crippen LogP contribution in [0, 0.1) is 0 Å². The molecule has 0 heterocycles.